The van der Waals surface area contributed by atoms with Crippen LogP contribution in [0.1, 0.15) is 30.9 Å². The number of hydrogen-bond acceptors (Lipinski definition) is 2. The first kappa shape index (κ1) is 13.5. The van der Waals surface area contributed by atoms with Crippen molar-refractivity contribution < 1.29 is 0 Å². The minimum absolute atomic E-state index is 0.418. The molecule has 0 heterocycles. The van der Waals surface area contributed by atoms with Crippen LogP contribution in [0.15, 0.2) is 42.5 Å². The molecule has 3 heteroatoms. The van der Waals surface area contributed by atoms with Crippen LogP contribution in [-0.4, -0.2) is 0 Å². The van der Waals surface area contributed by atoms with Crippen LogP contribution in [-0.2, 0) is 0 Å². The van der Waals surface area contributed by atoms with Crippen LogP contribution >= 0.6 is 11.6 Å². The van der Waals surface area contributed by atoms with E-state index in [1.165, 1.54) is 5.56 Å². The molecule has 0 aliphatic rings. The summed E-state index contributed by atoms with van der Waals surface area (Å²) in [6.45, 7) is 4.29. The molecule has 19 heavy (non-hydrogen) atoms. The summed E-state index contributed by atoms with van der Waals surface area (Å²) in [5, 5.41) is 13.0. The molecule has 0 saturated carbocycles. The number of benzene rings is 2. The summed E-state index contributed by atoms with van der Waals surface area (Å²) in [4.78, 5) is 0. The van der Waals surface area contributed by atoms with Crippen molar-refractivity contribution in [2.45, 2.75) is 19.8 Å². The summed E-state index contributed by atoms with van der Waals surface area (Å²) >= 11 is 5.90. The minimum Gasteiger partial charge on any atom is -0.354 e. The van der Waals surface area contributed by atoms with Gasteiger partial charge in [-0.2, -0.15) is 5.26 Å². The van der Waals surface area contributed by atoms with Gasteiger partial charge in [0.05, 0.1) is 11.3 Å². The lowest BCUT2D eigenvalue weighted by Gasteiger charge is -2.15. The SMILES string of the molecule is CC(C)c1ccccc1Nc1ccc(Cl)cc1C#N. The Labute approximate surface area is 118 Å². The van der Waals surface area contributed by atoms with Crippen LogP contribution in [0.5, 0.6) is 0 Å². The van der Waals surface area contributed by atoms with Gasteiger partial charge >= 0.3 is 0 Å². The average molecular weight is 271 g/mol. The molecule has 2 rings (SSSR count). The van der Waals surface area contributed by atoms with Gasteiger partial charge in [0.25, 0.3) is 0 Å². The van der Waals surface area contributed by atoms with Gasteiger partial charge in [0, 0.05) is 10.7 Å². The predicted octanol–water partition coefficient (Wildman–Crippen LogP) is 5.08. The summed E-state index contributed by atoms with van der Waals surface area (Å²) in [5.41, 5.74) is 3.57. The molecule has 0 aliphatic heterocycles. The van der Waals surface area contributed by atoms with E-state index in [1.54, 1.807) is 12.1 Å². The van der Waals surface area contributed by atoms with Crippen molar-refractivity contribution in [1.82, 2.24) is 0 Å². The number of anilines is 2. The van der Waals surface area contributed by atoms with Gasteiger partial charge in [-0.25, -0.2) is 0 Å². The maximum Gasteiger partial charge on any atom is 0.101 e. The quantitative estimate of drug-likeness (QED) is 0.844. The third-order valence-electron chi connectivity index (χ3n) is 2.95. The first-order valence-electron chi connectivity index (χ1n) is 6.17. The summed E-state index contributed by atoms with van der Waals surface area (Å²) in [6.07, 6.45) is 0. The standard InChI is InChI=1S/C16H15ClN2/c1-11(2)14-5-3-4-6-16(14)19-15-8-7-13(17)9-12(15)10-18/h3-9,11,19H,1-2H3. The molecule has 96 valence electrons. The number of rotatable bonds is 3. The summed E-state index contributed by atoms with van der Waals surface area (Å²) < 4.78 is 0. The van der Waals surface area contributed by atoms with Crippen LogP contribution in [0.3, 0.4) is 0 Å². The predicted molar refractivity (Wildman–Crippen MR) is 80.0 cm³/mol. The Kier molecular flexibility index (Phi) is 4.09. The molecule has 1 N–H and O–H groups in total. The lowest BCUT2D eigenvalue weighted by Crippen LogP contribution is -1.99. The van der Waals surface area contributed by atoms with Gasteiger partial charge in [-0.05, 0) is 35.7 Å². The molecule has 0 fully saturated rings. The average Bonchev–Trinajstić information content (AvgIpc) is 2.41. The molecular weight excluding hydrogens is 256 g/mol. The summed E-state index contributed by atoms with van der Waals surface area (Å²) in [7, 11) is 0. The van der Waals surface area contributed by atoms with E-state index < -0.39 is 0 Å². The molecule has 0 aromatic heterocycles. The molecule has 0 saturated heterocycles. The Bertz CT molecular complexity index is 627. The van der Waals surface area contributed by atoms with Gasteiger partial charge in [0.15, 0.2) is 0 Å². The molecule has 0 spiro atoms. The second-order valence-corrected chi connectivity index (χ2v) is 5.11. The highest BCUT2D eigenvalue weighted by Crippen LogP contribution is 2.29. The van der Waals surface area contributed by atoms with Crippen molar-refractivity contribution in [3.63, 3.8) is 0 Å². The fraction of sp³-hybridized carbons (Fsp3) is 0.188. The smallest absolute Gasteiger partial charge is 0.101 e. The van der Waals surface area contributed by atoms with Gasteiger partial charge in [-0.3, -0.25) is 0 Å². The van der Waals surface area contributed by atoms with E-state index in [2.05, 4.69) is 31.3 Å². The molecular formula is C16H15ClN2. The normalized spacial score (nSPS) is 10.3. The second kappa shape index (κ2) is 5.77. The van der Waals surface area contributed by atoms with E-state index in [0.29, 0.717) is 16.5 Å². The zero-order valence-corrected chi connectivity index (χ0v) is 11.7. The Morgan fingerprint density at radius 2 is 1.84 bits per heavy atom. The monoisotopic (exact) mass is 270 g/mol. The third kappa shape index (κ3) is 3.07. The Balaban J connectivity index is 2.40. The molecule has 0 radical (unpaired) electrons. The highest BCUT2D eigenvalue weighted by molar-refractivity contribution is 6.30. The van der Waals surface area contributed by atoms with Gasteiger partial charge < -0.3 is 5.32 Å². The fourth-order valence-corrected chi connectivity index (χ4v) is 2.15. The fourth-order valence-electron chi connectivity index (χ4n) is 1.98. The maximum atomic E-state index is 9.15. The number of nitriles is 1. The van der Waals surface area contributed by atoms with Crippen LogP contribution in [0, 0.1) is 11.3 Å². The van der Waals surface area contributed by atoms with Crippen molar-refractivity contribution >= 4 is 23.0 Å². The lowest BCUT2D eigenvalue weighted by atomic mass is 10.0. The maximum absolute atomic E-state index is 9.15. The van der Waals surface area contributed by atoms with Crippen LogP contribution in [0.25, 0.3) is 0 Å². The lowest BCUT2D eigenvalue weighted by molar-refractivity contribution is 0.869. The Morgan fingerprint density at radius 3 is 2.53 bits per heavy atom. The van der Waals surface area contributed by atoms with Gasteiger partial charge in [-0.1, -0.05) is 43.6 Å². The van der Waals surface area contributed by atoms with Crippen molar-refractivity contribution in [3.8, 4) is 6.07 Å². The number of nitrogens with zero attached hydrogens (tertiary/aromatic N) is 1. The zero-order valence-electron chi connectivity index (χ0n) is 10.9. The highest BCUT2D eigenvalue weighted by Gasteiger charge is 2.08. The topological polar surface area (TPSA) is 35.8 Å². The number of halogens is 1. The molecule has 0 unspecified atom stereocenters. The largest absolute Gasteiger partial charge is 0.354 e. The summed E-state index contributed by atoms with van der Waals surface area (Å²) in [6, 6.07) is 15.6. The van der Waals surface area contributed by atoms with Crippen molar-refractivity contribution in [1.29, 1.82) is 5.26 Å². The van der Waals surface area contributed by atoms with Crippen LogP contribution in [0.2, 0.25) is 5.02 Å². The first-order valence-corrected chi connectivity index (χ1v) is 6.55. The Hall–Kier alpha value is -1.98. The minimum atomic E-state index is 0.418. The third-order valence-corrected chi connectivity index (χ3v) is 3.19. The molecule has 2 aromatic carbocycles. The van der Waals surface area contributed by atoms with Crippen molar-refractivity contribution in [2.24, 2.45) is 0 Å². The second-order valence-electron chi connectivity index (χ2n) is 4.67. The van der Waals surface area contributed by atoms with Gasteiger partial charge in [0.1, 0.15) is 6.07 Å². The number of hydrogen-bond donors (Lipinski definition) is 1. The van der Waals surface area contributed by atoms with Crippen LogP contribution < -0.4 is 5.32 Å². The Morgan fingerprint density at radius 1 is 1.11 bits per heavy atom. The molecule has 0 bridgehead atoms. The van der Waals surface area contributed by atoms with E-state index in [4.69, 9.17) is 16.9 Å². The highest BCUT2D eigenvalue weighted by atomic mass is 35.5. The molecule has 0 amide bonds. The van der Waals surface area contributed by atoms with Crippen molar-refractivity contribution in [3.05, 3.63) is 58.6 Å². The number of para-hydroxylation sites is 1. The first-order chi connectivity index (χ1) is 9.11. The number of nitrogens with one attached hydrogen (secondary N) is 1. The molecule has 2 aromatic rings. The van der Waals surface area contributed by atoms with E-state index in [9.17, 15) is 0 Å². The van der Waals surface area contributed by atoms with E-state index >= 15 is 0 Å². The molecule has 2 nitrogen and oxygen atoms in total. The van der Waals surface area contributed by atoms with Gasteiger partial charge in [0.2, 0.25) is 0 Å². The van der Waals surface area contributed by atoms with Crippen molar-refractivity contribution in [2.75, 3.05) is 5.32 Å². The molecule has 0 atom stereocenters. The zero-order chi connectivity index (χ0) is 13.8. The van der Waals surface area contributed by atoms with E-state index in [1.807, 2.05) is 24.3 Å². The van der Waals surface area contributed by atoms with E-state index in [0.717, 1.165) is 11.4 Å². The van der Waals surface area contributed by atoms with Crippen LogP contribution in [0.4, 0.5) is 11.4 Å². The summed E-state index contributed by atoms with van der Waals surface area (Å²) in [5.74, 6) is 0.418. The van der Waals surface area contributed by atoms with Gasteiger partial charge in [-0.15, -0.1) is 0 Å². The van der Waals surface area contributed by atoms with E-state index in [-0.39, 0.29) is 0 Å². The molecule has 0 aliphatic carbocycles.